The number of rotatable bonds is 10. The number of amides is 3. The molecule has 0 spiro atoms. The molecular weight excluding hydrogens is 482 g/mol. The predicted octanol–water partition coefficient (Wildman–Crippen LogP) is 2.64. The summed E-state index contributed by atoms with van der Waals surface area (Å²) in [4.78, 5) is 51.1. The Hall–Kier alpha value is -3.83. The lowest BCUT2D eigenvalue weighted by Crippen LogP contribution is -2.36. The highest BCUT2D eigenvalue weighted by Gasteiger charge is 2.17. The zero-order chi connectivity index (χ0) is 24.7. The van der Waals surface area contributed by atoms with E-state index in [-0.39, 0.29) is 30.0 Å². The first kappa shape index (κ1) is 24.8. The number of thiazole rings is 1. The van der Waals surface area contributed by atoms with E-state index < -0.39 is 22.6 Å². The number of non-ortho nitro benzene ring substituents is 1. The van der Waals surface area contributed by atoms with Crippen molar-refractivity contribution in [2.75, 3.05) is 6.54 Å². The van der Waals surface area contributed by atoms with Crippen LogP contribution in [0.1, 0.15) is 36.3 Å². The van der Waals surface area contributed by atoms with Gasteiger partial charge in [0.1, 0.15) is 10.7 Å². The number of aryl methyl sites for hydroxylation is 2. The van der Waals surface area contributed by atoms with Crippen molar-refractivity contribution in [1.29, 1.82) is 0 Å². The standard InChI is InChI=1S/C22H20ClN5O5S/c23-15-3-1-2-13(10-15)4-9-17-20(21(24)30)27-19(34-17)12-25-18(29)11-26-22(31)14-5-7-16(8-6-14)28(32)33/h1-3,5-8,10H,4,9,11-12H2,(H2,24,30)(H,25,29)(H,26,31). The third kappa shape index (κ3) is 6.83. The molecule has 1 heterocycles. The molecule has 176 valence electrons. The van der Waals surface area contributed by atoms with Crippen LogP contribution in [0.3, 0.4) is 0 Å². The fourth-order valence-electron chi connectivity index (χ4n) is 3.02. The second-order valence-electron chi connectivity index (χ2n) is 7.14. The second-order valence-corrected chi connectivity index (χ2v) is 8.74. The van der Waals surface area contributed by atoms with Crippen LogP contribution in [0, 0.1) is 10.1 Å². The van der Waals surface area contributed by atoms with Gasteiger partial charge >= 0.3 is 0 Å². The van der Waals surface area contributed by atoms with Gasteiger partial charge in [-0.3, -0.25) is 24.5 Å². The molecule has 2 aromatic carbocycles. The fourth-order valence-corrected chi connectivity index (χ4v) is 4.25. The Morgan fingerprint density at radius 1 is 1.09 bits per heavy atom. The molecule has 4 N–H and O–H groups in total. The molecule has 12 heteroatoms. The van der Waals surface area contributed by atoms with Gasteiger partial charge in [-0.05, 0) is 42.7 Å². The quantitative estimate of drug-likeness (QED) is 0.286. The zero-order valence-corrected chi connectivity index (χ0v) is 19.3. The summed E-state index contributed by atoms with van der Waals surface area (Å²) < 4.78 is 0. The number of hydrogen-bond donors (Lipinski definition) is 3. The van der Waals surface area contributed by atoms with E-state index in [0.717, 1.165) is 5.56 Å². The van der Waals surface area contributed by atoms with Crippen LogP contribution in [0.25, 0.3) is 0 Å². The largest absolute Gasteiger partial charge is 0.364 e. The summed E-state index contributed by atoms with van der Waals surface area (Å²) >= 11 is 7.28. The van der Waals surface area contributed by atoms with E-state index in [2.05, 4.69) is 15.6 Å². The van der Waals surface area contributed by atoms with Crippen LogP contribution in [0.2, 0.25) is 5.02 Å². The highest BCUT2D eigenvalue weighted by Crippen LogP contribution is 2.21. The average molecular weight is 502 g/mol. The number of nitrogens with two attached hydrogens (primary N) is 1. The van der Waals surface area contributed by atoms with Crippen molar-refractivity contribution in [2.24, 2.45) is 5.73 Å². The maximum atomic E-state index is 12.1. The van der Waals surface area contributed by atoms with Crippen molar-refractivity contribution in [3.63, 3.8) is 0 Å². The Kier molecular flexibility index (Phi) is 8.28. The monoisotopic (exact) mass is 501 g/mol. The van der Waals surface area contributed by atoms with E-state index in [1.807, 2.05) is 18.2 Å². The third-order valence-corrected chi connectivity index (χ3v) is 6.04. The number of primary amides is 1. The van der Waals surface area contributed by atoms with Crippen molar-refractivity contribution in [3.05, 3.63) is 90.4 Å². The lowest BCUT2D eigenvalue weighted by atomic mass is 10.1. The molecule has 0 atom stereocenters. The van der Waals surface area contributed by atoms with Gasteiger partial charge in [0.2, 0.25) is 5.91 Å². The molecule has 1 aromatic heterocycles. The molecule has 0 saturated carbocycles. The van der Waals surface area contributed by atoms with E-state index in [0.29, 0.717) is 27.7 Å². The number of carbonyl (C=O) groups is 3. The number of hydrogen-bond acceptors (Lipinski definition) is 7. The first-order chi connectivity index (χ1) is 16.2. The van der Waals surface area contributed by atoms with Crippen LogP contribution in [-0.2, 0) is 24.2 Å². The van der Waals surface area contributed by atoms with Crippen LogP contribution in [0.4, 0.5) is 5.69 Å². The van der Waals surface area contributed by atoms with Gasteiger partial charge in [-0.1, -0.05) is 23.7 Å². The highest BCUT2D eigenvalue weighted by molar-refractivity contribution is 7.11. The molecule has 0 fully saturated rings. The molecule has 10 nitrogen and oxygen atoms in total. The molecule has 34 heavy (non-hydrogen) atoms. The van der Waals surface area contributed by atoms with Crippen LogP contribution in [-0.4, -0.2) is 34.2 Å². The van der Waals surface area contributed by atoms with Gasteiger partial charge in [0.15, 0.2) is 0 Å². The van der Waals surface area contributed by atoms with Gasteiger partial charge in [-0.25, -0.2) is 4.98 Å². The molecule has 0 saturated heterocycles. The van der Waals surface area contributed by atoms with Gasteiger partial charge in [0.05, 0.1) is 18.0 Å². The minimum atomic E-state index is -0.648. The van der Waals surface area contributed by atoms with Crippen molar-refractivity contribution in [2.45, 2.75) is 19.4 Å². The maximum absolute atomic E-state index is 12.1. The summed E-state index contributed by atoms with van der Waals surface area (Å²) in [5, 5.41) is 16.9. The summed E-state index contributed by atoms with van der Waals surface area (Å²) in [6.07, 6.45) is 1.18. The van der Waals surface area contributed by atoms with E-state index in [1.54, 1.807) is 6.07 Å². The van der Waals surface area contributed by atoms with Crippen molar-refractivity contribution in [3.8, 4) is 0 Å². The minimum Gasteiger partial charge on any atom is -0.364 e. The third-order valence-electron chi connectivity index (χ3n) is 4.69. The van der Waals surface area contributed by atoms with E-state index in [1.165, 1.54) is 35.6 Å². The molecule has 0 aliphatic heterocycles. The number of nitro benzene ring substituents is 1. The predicted molar refractivity (Wildman–Crippen MR) is 127 cm³/mol. The second kappa shape index (κ2) is 11.3. The number of halogens is 1. The first-order valence-electron chi connectivity index (χ1n) is 10.0. The summed E-state index contributed by atoms with van der Waals surface area (Å²) in [5.41, 5.74) is 6.68. The molecule has 0 bridgehead atoms. The van der Waals surface area contributed by atoms with Gasteiger partial charge in [0.25, 0.3) is 17.5 Å². The summed E-state index contributed by atoms with van der Waals surface area (Å²) in [5.74, 6) is -1.66. The lowest BCUT2D eigenvalue weighted by Gasteiger charge is -2.06. The first-order valence-corrected chi connectivity index (χ1v) is 11.2. The normalized spacial score (nSPS) is 10.5. The van der Waals surface area contributed by atoms with Gasteiger partial charge in [-0.2, -0.15) is 0 Å². The molecule has 0 aliphatic carbocycles. The Labute approximate surface area is 203 Å². The molecule has 3 rings (SSSR count). The number of carbonyl (C=O) groups excluding carboxylic acids is 3. The van der Waals surface area contributed by atoms with Crippen LogP contribution >= 0.6 is 22.9 Å². The zero-order valence-electron chi connectivity index (χ0n) is 17.7. The van der Waals surface area contributed by atoms with E-state index >= 15 is 0 Å². The maximum Gasteiger partial charge on any atom is 0.269 e. The van der Waals surface area contributed by atoms with Crippen LogP contribution in [0.15, 0.2) is 48.5 Å². The number of aromatic nitrogens is 1. The Balaban J connectivity index is 1.52. The number of nitro groups is 1. The minimum absolute atomic E-state index is 0.0638. The number of benzene rings is 2. The lowest BCUT2D eigenvalue weighted by molar-refractivity contribution is -0.384. The molecule has 0 unspecified atom stereocenters. The average Bonchev–Trinajstić information content (AvgIpc) is 3.23. The van der Waals surface area contributed by atoms with Crippen molar-refractivity contribution in [1.82, 2.24) is 15.6 Å². The SMILES string of the molecule is NC(=O)c1nc(CNC(=O)CNC(=O)c2ccc([N+](=O)[O-])cc2)sc1CCc1cccc(Cl)c1. The Bertz CT molecular complexity index is 1230. The van der Waals surface area contributed by atoms with Crippen molar-refractivity contribution < 1.29 is 19.3 Å². The fraction of sp³-hybridized carbons (Fsp3) is 0.182. The molecule has 0 radical (unpaired) electrons. The summed E-state index contributed by atoms with van der Waals surface area (Å²) in [7, 11) is 0. The smallest absolute Gasteiger partial charge is 0.269 e. The molecule has 0 aliphatic rings. The Morgan fingerprint density at radius 2 is 1.82 bits per heavy atom. The molecule has 3 aromatic rings. The van der Waals surface area contributed by atoms with E-state index in [9.17, 15) is 24.5 Å². The summed E-state index contributed by atoms with van der Waals surface area (Å²) in [6, 6.07) is 12.4. The van der Waals surface area contributed by atoms with Crippen LogP contribution < -0.4 is 16.4 Å². The highest BCUT2D eigenvalue weighted by atomic mass is 35.5. The van der Waals surface area contributed by atoms with Gasteiger partial charge in [-0.15, -0.1) is 11.3 Å². The molecular formula is C22H20ClN5O5S. The van der Waals surface area contributed by atoms with Crippen molar-refractivity contribution >= 4 is 46.3 Å². The van der Waals surface area contributed by atoms with Gasteiger partial charge < -0.3 is 16.4 Å². The molecule has 3 amide bonds. The van der Waals surface area contributed by atoms with Gasteiger partial charge in [0, 0.05) is 27.6 Å². The topological polar surface area (TPSA) is 157 Å². The van der Waals surface area contributed by atoms with E-state index in [4.69, 9.17) is 17.3 Å². The summed E-state index contributed by atoms with van der Waals surface area (Å²) in [6.45, 7) is -0.236. The Morgan fingerprint density at radius 3 is 2.47 bits per heavy atom. The number of nitrogens with one attached hydrogen (secondary N) is 2. The van der Waals surface area contributed by atoms with Crippen LogP contribution in [0.5, 0.6) is 0 Å². The number of nitrogens with zero attached hydrogens (tertiary/aromatic N) is 2.